The van der Waals surface area contributed by atoms with Crippen molar-refractivity contribution in [2.24, 2.45) is 11.8 Å². The van der Waals surface area contributed by atoms with Crippen molar-refractivity contribution in [2.45, 2.75) is 37.8 Å². The number of hydrogen-bond acceptors (Lipinski definition) is 16. The summed E-state index contributed by atoms with van der Waals surface area (Å²) in [5, 5.41) is 80.4. The van der Waals surface area contributed by atoms with E-state index in [-0.39, 0.29) is 0 Å². The smallest absolute Gasteiger partial charge is 0.324 e. The third-order valence-corrected chi connectivity index (χ3v) is 8.23. The molecule has 2 N–H and O–H groups in total. The second-order valence-electron chi connectivity index (χ2n) is 10.9. The summed E-state index contributed by atoms with van der Waals surface area (Å²) in [6.45, 7) is 1.27. The summed E-state index contributed by atoms with van der Waals surface area (Å²) >= 11 is 0. The maximum Gasteiger partial charge on any atom is 0.324 e. The fraction of sp³-hybridized carbons (Fsp3) is 0.346. The van der Waals surface area contributed by atoms with Gasteiger partial charge in [0.2, 0.25) is 0 Å². The molecule has 0 spiro atoms. The van der Waals surface area contributed by atoms with Crippen LogP contribution in [0.2, 0.25) is 0 Å². The highest BCUT2D eigenvalue weighted by molar-refractivity contribution is 5.65. The number of phenols is 2. The molecule has 1 aromatic heterocycles. The molecular weight excluding hydrogens is 648 g/mol. The molecule has 3 aromatic rings. The molecule has 4 atom stereocenters. The molecular formula is C26H24N8O14. The molecule has 3 fully saturated rings. The van der Waals surface area contributed by atoms with E-state index in [1.165, 1.54) is 31.4 Å². The largest absolute Gasteiger partial charge is 0.497 e. The average Bonchev–Trinajstić information content (AvgIpc) is 3.39. The van der Waals surface area contributed by atoms with Gasteiger partial charge in [0.15, 0.2) is 0 Å². The SMILES string of the molecule is O=[N+]([O-])c1cc([N+](=O)[O-])c(O)c([N+](=O)[O-])c1.O=[N+]([O-])c1cc([N+](=O)[O-])c(O)c([N+](=O)[O-])c1.c1cc(CCN2C3C4CCC(C4)C32)ccn1. The highest BCUT2D eigenvalue weighted by Gasteiger charge is 2.63. The van der Waals surface area contributed by atoms with E-state index >= 15 is 0 Å². The van der Waals surface area contributed by atoms with Crippen LogP contribution in [0.5, 0.6) is 11.5 Å². The van der Waals surface area contributed by atoms with Crippen LogP contribution in [-0.2, 0) is 6.42 Å². The number of nitrogens with zero attached hydrogens (tertiary/aromatic N) is 8. The molecule has 2 aromatic carbocycles. The number of non-ortho nitro benzene ring substituents is 2. The summed E-state index contributed by atoms with van der Waals surface area (Å²) in [7, 11) is 0. The highest BCUT2D eigenvalue weighted by atomic mass is 16.7. The normalized spacial score (nSPS) is 21.0. The maximum atomic E-state index is 10.4. The lowest BCUT2D eigenvalue weighted by atomic mass is 10.0. The summed E-state index contributed by atoms with van der Waals surface area (Å²) in [5.74, 6) is -0.291. The number of nitro benzene ring substituents is 6. The monoisotopic (exact) mass is 672 g/mol. The Balaban J connectivity index is 0.000000163. The summed E-state index contributed by atoms with van der Waals surface area (Å²) in [6, 6.07) is 8.05. The molecule has 252 valence electrons. The van der Waals surface area contributed by atoms with Crippen molar-refractivity contribution < 1.29 is 39.8 Å². The quantitative estimate of drug-likeness (QED) is 0.181. The number of pyridine rings is 1. The molecule has 22 nitrogen and oxygen atoms in total. The third-order valence-electron chi connectivity index (χ3n) is 8.23. The van der Waals surface area contributed by atoms with E-state index in [1.54, 1.807) is 6.42 Å². The van der Waals surface area contributed by atoms with E-state index in [2.05, 4.69) is 22.0 Å². The van der Waals surface area contributed by atoms with Gasteiger partial charge in [-0.15, -0.1) is 0 Å². The lowest BCUT2D eigenvalue weighted by molar-refractivity contribution is -0.404. The predicted molar refractivity (Wildman–Crippen MR) is 159 cm³/mol. The Morgan fingerprint density at radius 3 is 1.29 bits per heavy atom. The van der Waals surface area contributed by atoms with Gasteiger partial charge in [0, 0.05) is 31.0 Å². The van der Waals surface area contributed by atoms with E-state index < -0.39 is 75.2 Å². The van der Waals surface area contributed by atoms with Crippen molar-refractivity contribution in [2.75, 3.05) is 6.54 Å². The highest BCUT2D eigenvalue weighted by Crippen LogP contribution is 2.58. The Bertz CT molecular complexity index is 1630. The Morgan fingerprint density at radius 1 is 0.625 bits per heavy atom. The number of fused-ring (bicyclic) bond motifs is 5. The fourth-order valence-electron chi connectivity index (χ4n) is 6.14. The minimum absolute atomic E-state index is 0.447. The van der Waals surface area contributed by atoms with Crippen LogP contribution in [0.3, 0.4) is 0 Å². The van der Waals surface area contributed by atoms with E-state index in [4.69, 9.17) is 10.2 Å². The zero-order valence-corrected chi connectivity index (χ0v) is 24.3. The molecule has 2 aliphatic carbocycles. The first kappa shape index (κ1) is 34.4. The minimum Gasteiger partial charge on any atom is -0.497 e. The van der Waals surface area contributed by atoms with Crippen molar-refractivity contribution in [3.8, 4) is 11.5 Å². The van der Waals surface area contributed by atoms with Crippen LogP contribution < -0.4 is 0 Å². The molecule has 3 aliphatic rings. The van der Waals surface area contributed by atoms with Gasteiger partial charge in [0.25, 0.3) is 22.9 Å². The van der Waals surface area contributed by atoms with Gasteiger partial charge >= 0.3 is 22.7 Å². The van der Waals surface area contributed by atoms with Crippen molar-refractivity contribution in [3.05, 3.63) is 115 Å². The standard InChI is InChI=1S/C14H18N2.2C6H3N3O7/c1-2-12-9-11(1)13-14(12)16(13)8-5-10-3-6-15-7-4-10;2*10-6-4(8(13)14)1-3(7(11)12)2-5(6)9(15)16/h3-4,6-7,11-14H,1-2,5,8-9H2;2*1-2,10H. The summed E-state index contributed by atoms with van der Waals surface area (Å²) in [4.78, 5) is 62.4. The molecule has 2 saturated carbocycles. The number of phenolic OH excluding ortho intramolecular Hbond substituents is 2. The summed E-state index contributed by atoms with van der Waals surface area (Å²) in [5.41, 5.74) is -4.57. The molecule has 0 radical (unpaired) electrons. The third kappa shape index (κ3) is 7.33. The number of aromatic hydroxyl groups is 2. The Kier molecular flexibility index (Phi) is 9.97. The second kappa shape index (κ2) is 13.9. The molecule has 4 unspecified atom stereocenters. The molecule has 1 saturated heterocycles. The van der Waals surface area contributed by atoms with Crippen LogP contribution in [-0.4, -0.2) is 68.3 Å². The van der Waals surface area contributed by atoms with Crippen LogP contribution in [0, 0.1) is 72.5 Å². The number of nitro groups is 6. The van der Waals surface area contributed by atoms with E-state index in [0.29, 0.717) is 24.3 Å². The van der Waals surface area contributed by atoms with Gasteiger partial charge in [0.05, 0.1) is 53.8 Å². The van der Waals surface area contributed by atoms with Gasteiger partial charge < -0.3 is 10.2 Å². The van der Waals surface area contributed by atoms with Crippen LogP contribution >= 0.6 is 0 Å². The van der Waals surface area contributed by atoms with Crippen LogP contribution in [0.4, 0.5) is 34.1 Å². The van der Waals surface area contributed by atoms with Crippen LogP contribution in [0.15, 0.2) is 48.8 Å². The fourth-order valence-corrected chi connectivity index (χ4v) is 6.14. The first-order valence-electron chi connectivity index (χ1n) is 13.9. The van der Waals surface area contributed by atoms with Gasteiger partial charge in [-0.05, 0) is 55.2 Å². The Hall–Kier alpha value is -6.45. The molecule has 2 bridgehead atoms. The Labute approximate surface area is 266 Å². The first-order valence-corrected chi connectivity index (χ1v) is 13.9. The number of benzene rings is 2. The zero-order chi connectivity index (χ0) is 35.4. The molecule has 48 heavy (non-hydrogen) atoms. The Morgan fingerprint density at radius 2 is 0.979 bits per heavy atom. The van der Waals surface area contributed by atoms with Crippen molar-refractivity contribution >= 4 is 34.1 Å². The van der Waals surface area contributed by atoms with Crippen molar-refractivity contribution in [3.63, 3.8) is 0 Å². The van der Waals surface area contributed by atoms with E-state index in [9.17, 15) is 60.7 Å². The van der Waals surface area contributed by atoms with E-state index in [0.717, 1.165) is 23.9 Å². The van der Waals surface area contributed by atoms with E-state index in [1.807, 2.05) is 12.4 Å². The number of aromatic nitrogens is 1. The zero-order valence-electron chi connectivity index (χ0n) is 24.3. The van der Waals surface area contributed by atoms with Crippen LogP contribution in [0.25, 0.3) is 0 Å². The number of rotatable bonds is 9. The molecule has 22 heteroatoms. The minimum atomic E-state index is -1.21. The van der Waals surface area contributed by atoms with Gasteiger partial charge in [0.1, 0.15) is 0 Å². The molecule has 0 amide bonds. The van der Waals surface area contributed by atoms with Gasteiger partial charge in [-0.1, -0.05) is 0 Å². The molecule has 1 aliphatic heterocycles. The topological polar surface area (TPSA) is 315 Å². The first-order chi connectivity index (χ1) is 22.6. The maximum absolute atomic E-state index is 10.4. The predicted octanol–water partition coefficient (Wildman–Crippen LogP) is 4.34. The van der Waals surface area contributed by atoms with Gasteiger partial charge in [-0.2, -0.15) is 0 Å². The average molecular weight is 673 g/mol. The van der Waals surface area contributed by atoms with Gasteiger partial charge in [-0.3, -0.25) is 70.6 Å². The number of hydrogen-bond donors (Lipinski definition) is 2. The summed E-state index contributed by atoms with van der Waals surface area (Å²) < 4.78 is 0. The van der Waals surface area contributed by atoms with Crippen LogP contribution in [0.1, 0.15) is 24.8 Å². The van der Waals surface area contributed by atoms with Crippen molar-refractivity contribution in [1.82, 2.24) is 9.88 Å². The second-order valence-corrected chi connectivity index (χ2v) is 10.9. The number of piperidine rings is 1. The summed E-state index contributed by atoms with van der Waals surface area (Å²) in [6.07, 6.45) is 9.58. The number of likely N-dealkylation sites (tertiary alicyclic amines) is 1. The lowest BCUT2D eigenvalue weighted by Gasteiger charge is -2.11. The molecule has 2 heterocycles. The lowest BCUT2D eigenvalue weighted by Crippen LogP contribution is -2.15. The molecule has 6 rings (SSSR count). The van der Waals surface area contributed by atoms with Gasteiger partial charge in [-0.25, -0.2) is 0 Å². The van der Waals surface area contributed by atoms with Crippen molar-refractivity contribution in [1.29, 1.82) is 0 Å².